The molecule has 9 heteroatoms. The van der Waals surface area contributed by atoms with E-state index < -0.39 is 9.17 Å². The maximum atomic E-state index is 8.74. The van der Waals surface area contributed by atoms with Gasteiger partial charge in [-0.1, -0.05) is 0 Å². The van der Waals surface area contributed by atoms with Gasteiger partial charge in [0.05, 0.1) is 0 Å². The van der Waals surface area contributed by atoms with E-state index in [4.69, 9.17) is 14.1 Å². The number of hydrogen-bond donors (Lipinski definition) is 2. The molecule has 0 bridgehead atoms. The molecule has 2 N–H and O–H groups in total. The molecule has 0 saturated carbocycles. The molecule has 3 nitrogen and oxygen atoms in total. The van der Waals surface area contributed by atoms with Crippen LogP contribution in [0, 0.1) is 0 Å². The zero-order valence-corrected chi connectivity index (χ0v) is 2.80. The summed E-state index contributed by atoms with van der Waals surface area (Å²) >= 11 is 0. The Labute approximate surface area is 198 Å². The van der Waals surface area contributed by atoms with Gasteiger partial charge in [0, 0.05) is 0 Å². The first kappa shape index (κ1) is 36.6. The second-order valence-corrected chi connectivity index (χ2v) is 0.848. The monoisotopic (exact) mass is 304 g/mol. The molecule has 0 fully saturated rings. The van der Waals surface area contributed by atoms with Crippen LogP contribution in [0.1, 0.15) is 0 Å². The Balaban J connectivity index is -0.00000000450. The van der Waals surface area contributed by atoms with Gasteiger partial charge < -0.3 is 9.59 Å². The zero-order valence-electron chi connectivity index (χ0n) is 1.80. The van der Waals surface area contributed by atoms with Crippen LogP contribution >= 0.6 is 0 Å². The third-order valence-electron chi connectivity index (χ3n) is 0. The van der Waals surface area contributed by atoms with Crippen molar-refractivity contribution in [1.29, 1.82) is 0 Å². The van der Waals surface area contributed by atoms with Gasteiger partial charge in [-0.25, -0.2) is 0 Å². The van der Waals surface area contributed by atoms with Crippen LogP contribution < -0.4 is 0 Å². The topological polar surface area (TPSA) is 57.5 Å². The van der Waals surface area contributed by atoms with Crippen LogP contribution in [0.4, 0.5) is 0 Å². The van der Waals surface area contributed by atoms with Gasteiger partial charge in [-0.15, -0.1) is 0 Å². The Morgan fingerprint density at radius 3 is 1.22 bits per heavy atom. The van der Waals surface area contributed by atoms with E-state index in [1.165, 1.54) is 0 Å². The average molecular weight is 304 g/mol. The molecule has 0 aromatic carbocycles. The van der Waals surface area contributed by atoms with Crippen molar-refractivity contribution in [3.05, 3.63) is 0 Å². The minimum atomic E-state index is -3.13. The molecule has 0 saturated heterocycles. The Bertz CT molecular complexity index is 46.8. The van der Waals surface area contributed by atoms with E-state index in [1.807, 2.05) is 0 Å². The quantitative estimate of drug-likeness (QED) is 0.438. The predicted octanol–water partition coefficient (Wildman–Crippen LogP) is -5.93. The van der Waals surface area contributed by atoms with Crippen molar-refractivity contribution in [2.45, 2.75) is 0 Å². The van der Waals surface area contributed by atoms with Crippen molar-refractivity contribution in [2.24, 2.45) is 0 Å². The third-order valence-corrected chi connectivity index (χ3v) is 0. The van der Waals surface area contributed by atoms with E-state index in [-0.39, 0.29) is 182 Å². The minimum absolute atomic E-state index is 0. The van der Waals surface area contributed by atoms with Crippen LogP contribution in [-0.2, 0) is 4.46 Å². The fraction of sp³-hybridized carbons (Fsp3) is 0. The van der Waals surface area contributed by atoms with E-state index in [0.29, 0.717) is 0 Å². The van der Waals surface area contributed by atoms with Crippen LogP contribution in [0.15, 0.2) is 0 Å². The Kier molecular flexibility index (Phi) is 119. The second kappa shape index (κ2) is 29.2. The van der Waals surface area contributed by atoms with Crippen LogP contribution in [0.5, 0.6) is 0 Å². The Hall–Kier alpha value is 5.53. The van der Waals surface area contributed by atoms with Crippen LogP contribution in [-0.4, -0.2) is 200 Å². The summed E-state index contributed by atoms with van der Waals surface area (Å²) in [6, 6.07) is 0. The summed E-state index contributed by atoms with van der Waals surface area (Å²) in [5, 5.41) is 0. The molecule has 0 unspecified atom stereocenters. The van der Waals surface area contributed by atoms with Gasteiger partial charge in [0.1, 0.15) is 0 Å². The van der Waals surface area contributed by atoms with Crippen molar-refractivity contribution in [2.75, 3.05) is 0 Å². The standard InChI is InChI=1S/Al.Ca.K.Na.H2O3Si.Sr.9H/c;;;;1-4(2)3;;;;;;;;;;/h;;;;1-2H;;;;;;;;;;. The molecule has 0 rings (SSSR count). The first-order valence-corrected chi connectivity index (χ1v) is 1.95. The summed E-state index contributed by atoms with van der Waals surface area (Å²) in [7, 11) is -3.13. The molecule has 0 heterocycles. The normalized spacial score (nSPS) is 2.67. The van der Waals surface area contributed by atoms with E-state index in [0.717, 1.165) is 0 Å². The zero-order chi connectivity index (χ0) is 3.58. The van der Waals surface area contributed by atoms with Crippen molar-refractivity contribution in [3.8, 4) is 0 Å². The predicted molar refractivity (Wildman–Crippen MR) is 52.2 cm³/mol. The van der Waals surface area contributed by atoms with Crippen LogP contribution in [0.3, 0.4) is 0 Å². The van der Waals surface area contributed by atoms with Gasteiger partial charge in [0.2, 0.25) is 0 Å². The number of hydrogen-bond acceptors (Lipinski definition) is 1. The van der Waals surface area contributed by atoms with Crippen LogP contribution in [0.25, 0.3) is 0 Å². The summed E-state index contributed by atoms with van der Waals surface area (Å²) in [5.74, 6) is 0. The molecule has 0 amide bonds. The Morgan fingerprint density at radius 1 is 1.22 bits per heavy atom. The van der Waals surface area contributed by atoms with Gasteiger partial charge in [-0.2, -0.15) is 0 Å². The fourth-order valence-electron chi connectivity index (χ4n) is 0. The van der Waals surface area contributed by atoms with Gasteiger partial charge in [-0.3, -0.25) is 4.46 Å². The fourth-order valence-corrected chi connectivity index (χ4v) is 0. The SMILES string of the molecule is O=[Si](O)O.[AlH3].[CaH2].[KH].[NaH].[SrH2]. The molecule has 0 radical (unpaired) electrons. The molecule has 0 aliphatic heterocycles. The third kappa shape index (κ3) is 58.8. The molecule has 0 atom stereocenters. The summed E-state index contributed by atoms with van der Waals surface area (Å²) < 4.78 is 8.74. The number of rotatable bonds is 0. The molecule has 0 aromatic heterocycles. The van der Waals surface area contributed by atoms with Gasteiger partial charge in [0.15, 0.2) is 17.4 Å². The Morgan fingerprint density at radius 2 is 1.22 bits per heavy atom. The average Bonchev–Trinajstić information content (AvgIpc) is 0.811. The van der Waals surface area contributed by atoms with Crippen molar-refractivity contribution < 1.29 is 14.1 Å². The summed E-state index contributed by atoms with van der Waals surface area (Å²) in [4.78, 5) is 14.3. The summed E-state index contributed by atoms with van der Waals surface area (Å²) in [6.07, 6.45) is 0. The molecule has 9 heavy (non-hydrogen) atoms. The molecule has 0 aliphatic rings. The van der Waals surface area contributed by atoms with E-state index >= 15 is 0 Å². The van der Waals surface area contributed by atoms with Crippen LogP contribution in [0.2, 0.25) is 0 Å². The van der Waals surface area contributed by atoms with Gasteiger partial charge in [-0.05, 0) is 0 Å². The molecular weight excluding hydrogens is 293 g/mol. The molecule has 42 valence electrons. The first-order valence-electron chi connectivity index (χ1n) is 0.651. The maximum absolute atomic E-state index is 8.74. The molecule has 0 aromatic rings. The van der Waals surface area contributed by atoms with Crippen molar-refractivity contribution >= 4 is 191 Å². The van der Waals surface area contributed by atoms with E-state index in [1.54, 1.807) is 0 Å². The molecular formula is H11AlCaKNaO3SiSr. The summed E-state index contributed by atoms with van der Waals surface area (Å²) in [6.45, 7) is 0. The van der Waals surface area contributed by atoms with Crippen molar-refractivity contribution in [3.63, 3.8) is 0 Å². The second-order valence-electron chi connectivity index (χ2n) is 0.283. The van der Waals surface area contributed by atoms with Gasteiger partial charge in [0.25, 0.3) is 0 Å². The van der Waals surface area contributed by atoms with E-state index in [2.05, 4.69) is 0 Å². The summed E-state index contributed by atoms with van der Waals surface area (Å²) in [5.41, 5.74) is 0. The van der Waals surface area contributed by atoms with E-state index in [9.17, 15) is 0 Å². The molecule has 0 spiro atoms. The molecule has 0 aliphatic carbocycles. The van der Waals surface area contributed by atoms with Crippen molar-refractivity contribution in [1.82, 2.24) is 0 Å². The van der Waals surface area contributed by atoms with Gasteiger partial charge >= 0.3 is 173 Å². The first-order chi connectivity index (χ1) is 1.73.